The molecule has 4 heteroatoms. The molecule has 0 rings (SSSR count). The summed E-state index contributed by atoms with van der Waals surface area (Å²) in [6.07, 6.45) is 15.1. The van der Waals surface area contributed by atoms with E-state index in [1.807, 2.05) is 0 Å². The third-order valence-electron chi connectivity index (χ3n) is 4.33. The van der Waals surface area contributed by atoms with Crippen LogP contribution in [-0.2, 0) is 18.9 Å². The van der Waals surface area contributed by atoms with Gasteiger partial charge in [-0.05, 0) is 25.7 Å². The SMILES string of the molecule is CCCCCCCOC(CCC)=C(OCCCCCCC)OCOCCC. The maximum Gasteiger partial charge on any atom is 0.321 e. The van der Waals surface area contributed by atoms with E-state index in [-0.39, 0.29) is 6.79 Å². The van der Waals surface area contributed by atoms with E-state index in [2.05, 4.69) is 27.7 Å². The number of hydrogen-bond acceptors (Lipinski definition) is 4. The highest BCUT2D eigenvalue weighted by Crippen LogP contribution is 2.18. The molecule has 0 unspecified atom stereocenters. The molecule has 0 aromatic carbocycles. The molecule has 0 aromatic rings. The zero-order valence-corrected chi connectivity index (χ0v) is 18.7. The highest BCUT2D eigenvalue weighted by atomic mass is 16.7. The van der Waals surface area contributed by atoms with Crippen LogP contribution in [0.2, 0.25) is 0 Å². The number of allylic oxidation sites excluding steroid dienone is 1. The zero-order chi connectivity index (χ0) is 20.0. The molecule has 0 saturated heterocycles. The van der Waals surface area contributed by atoms with Crippen LogP contribution in [-0.4, -0.2) is 26.6 Å². The van der Waals surface area contributed by atoms with Gasteiger partial charge >= 0.3 is 5.95 Å². The average molecular weight is 387 g/mol. The van der Waals surface area contributed by atoms with Crippen LogP contribution in [0.3, 0.4) is 0 Å². The van der Waals surface area contributed by atoms with Crippen molar-refractivity contribution in [1.29, 1.82) is 0 Å². The van der Waals surface area contributed by atoms with E-state index in [4.69, 9.17) is 18.9 Å². The minimum Gasteiger partial charge on any atom is -0.491 e. The van der Waals surface area contributed by atoms with Gasteiger partial charge in [0.05, 0.1) is 19.8 Å². The van der Waals surface area contributed by atoms with Crippen molar-refractivity contribution in [2.24, 2.45) is 0 Å². The van der Waals surface area contributed by atoms with Crippen LogP contribution in [0.4, 0.5) is 0 Å². The highest BCUT2D eigenvalue weighted by Gasteiger charge is 2.12. The molecule has 0 aromatic heterocycles. The van der Waals surface area contributed by atoms with Crippen molar-refractivity contribution in [1.82, 2.24) is 0 Å². The predicted octanol–water partition coefficient (Wildman–Crippen LogP) is 7.33. The van der Waals surface area contributed by atoms with Crippen LogP contribution in [0.5, 0.6) is 0 Å². The Balaban J connectivity index is 4.50. The molecule has 4 nitrogen and oxygen atoms in total. The Bertz CT molecular complexity index is 328. The van der Waals surface area contributed by atoms with Crippen molar-refractivity contribution < 1.29 is 18.9 Å². The maximum atomic E-state index is 6.05. The summed E-state index contributed by atoms with van der Waals surface area (Å²) in [5, 5.41) is 0. The lowest BCUT2D eigenvalue weighted by Crippen LogP contribution is -2.10. The first-order valence-electron chi connectivity index (χ1n) is 11.5. The molecular weight excluding hydrogens is 340 g/mol. The quantitative estimate of drug-likeness (QED) is 0.117. The second-order valence-electron chi connectivity index (χ2n) is 7.16. The lowest BCUT2D eigenvalue weighted by molar-refractivity contribution is -0.0837. The number of hydrogen-bond donors (Lipinski definition) is 0. The molecule has 0 fully saturated rings. The molecule has 0 aliphatic heterocycles. The Labute approximate surface area is 169 Å². The molecule has 0 radical (unpaired) electrons. The first kappa shape index (κ1) is 26.1. The summed E-state index contributed by atoms with van der Waals surface area (Å²) in [7, 11) is 0. The summed E-state index contributed by atoms with van der Waals surface area (Å²) in [4.78, 5) is 0. The number of unbranched alkanes of at least 4 members (excludes halogenated alkanes) is 8. The van der Waals surface area contributed by atoms with Gasteiger partial charge in [0.2, 0.25) is 0 Å². The normalized spacial score (nSPS) is 12.0. The third-order valence-corrected chi connectivity index (χ3v) is 4.33. The fourth-order valence-corrected chi connectivity index (χ4v) is 2.73. The zero-order valence-electron chi connectivity index (χ0n) is 18.7. The van der Waals surface area contributed by atoms with E-state index in [1.54, 1.807) is 0 Å². The van der Waals surface area contributed by atoms with Gasteiger partial charge in [0, 0.05) is 6.42 Å². The van der Waals surface area contributed by atoms with E-state index in [9.17, 15) is 0 Å². The molecule has 0 amide bonds. The molecule has 27 heavy (non-hydrogen) atoms. The Hall–Kier alpha value is -0.900. The Morgan fingerprint density at radius 1 is 0.519 bits per heavy atom. The van der Waals surface area contributed by atoms with Gasteiger partial charge in [0.15, 0.2) is 12.6 Å². The van der Waals surface area contributed by atoms with Crippen molar-refractivity contribution in [3.8, 4) is 0 Å². The van der Waals surface area contributed by atoms with E-state index < -0.39 is 0 Å². The van der Waals surface area contributed by atoms with Gasteiger partial charge in [-0.2, -0.15) is 0 Å². The molecular formula is C23H46O4. The Morgan fingerprint density at radius 3 is 1.67 bits per heavy atom. The molecule has 0 atom stereocenters. The predicted molar refractivity (Wildman–Crippen MR) is 114 cm³/mol. The van der Waals surface area contributed by atoms with E-state index in [1.165, 1.54) is 51.4 Å². The molecule has 0 aliphatic rings. The first-order chi connectivity index (χ1) is 13.3. The van der Waals surface area contributed by atoms with Crippen molar-refractivity contribution in [2.75, 3.05) is 26.6 Å². The van der Waals surface area contributed by atoms with Crippen LogP contribution in [0.15, 0.2) is 11.7 Å². The van der Waals surface area contributed by atoms with Crippen LogP contribution < -0.4 is 0 Å². The Kier molecular flexibility index (Phi) is 20.7. The largest absolute Gasteiger partial charge is 0.491 e. The molecule has 0 bridgehead atoms. The van der Waals surface area contributed by atoms with Gasteiger partial charge in [-0.3, -0.25) is 0 Å². The second kappa shape index (κ2) is 21.4. The summed E-state index contributed by atoms with van der Waals surface area (Å²) in [6.45, 7) is 11.1. The summed E-state index contributed by atoms with van der Waals surface area (Å²) in [5.41, 5.74) is 0. The number of ether oxygens (including phenoxy) is 4. The lowest BCUT2D eigenvalue weighted by atomic mass is 10.2. The van der Waals surface area contributed by atoms with Gasteiger partial charge in [-0.25, -0.2) is 0 Å². The number of rotatable bonds is 21. The second-order valence-corrected chi connectivity index (χ2v) is 7.16. The van der Waals surface area contributed by atoms with Gasteiger partial charge in [-0.1, -0.05) is 79.1 Å². The molecule has 0 aliphatic carbocycles. The summed E-state index contributed by atoms with van der Waals surface area (Å²) in [5.74, 6) is 1.39. The summed E-state index contributed by atoms with van der Waals surface area (Å²) >= 11 is 0. The summed E-state index contributed by atoms with van der Waals surface area (Å²) in [6, 6.07) is 0. The van der Waals surface area contributed by atoms with Crippen molar-refractivity contribution in [3.05, 3.63) is 11.7 Å². The minimum absolute atomic E-state index is 0.228. The van der Waals surface area contributed by atoms with E-state index in [0.717, 1.165) is 44.5 Å². The van der Waals surface area contributed by atoms with Gasteiger partial charge in [-0.15, -0.1) is 0 Å². The fourth-order valence-electron chi connectivity index (χ4n) is 2.73. The third kappa shape index (κ3) is 17.0. The van der Waals surface area contributed by atoms with Gasteiger partial charge in [0.25, 0.3) is 0 Å². The smallest absolute Gasteiger partial charge is 0.321 e. The lowest BCUT2D eigenvalue weighted by Gasteiger charge is -2.17. The topological polar surface area (TPSA) is 36.9 Å². The van der Waals surface area contributed by atoms with Crippen LogP contribution in [0, 0.1) is 0 Å². The van der Waals surface area contributed by atoms with Gasteiger partial charge in [0.1, 0.15) is 0 Å². The van der Waals surface area contributed by atoms with E-state index in [0.29, 0.717) is 19.2 Å². The van der Waals surface area contributed by atoms with Crippen LogP contribution >= 0.6 is 0 Å². The molecule has 0 N–H and O–H groups in total. The van der Waals surface area contributed by atoms with Crippen molar-refractivity contribution in [3.63, 3.8) is 0 Å². The minimum atomic E-state index is 0.228. The van der Waals surface area contributed by atoms with E-state index >= 15 is 0 Å². The monoisotopic (exact) mass is 386 g/mol. The Morgan fingerprint density at radius 2 is 1.11 bits per heavy atom. The fraction of sp³-hybridized carbons (Fsp3) is 0.913. The first-order valence-corrected chi connectivity index (χ1v) is 11.5. The molecule has 162 valence electrons. The standard InChI is InChI=1S/C23H46O4/c1-5-9-11-13-15-19-25-22(17-7-3)23(27-21-24-18-8-4)26-20-16-14-12-10-6-2/h5-21H2,1-4H3. The van der Waals surface area contributed by atoms with Crippen LogP contribution in [0.1, 0.15) is 111 Å². The molecule has 0 heterocycles. The maximum absolute atomic E-state index is 6.05. The van der Waals surface area contributed by atoms with Gasteiger partial charge < -0.3 is 18.9 Å². The highest BCUT2D eigenvalue weighted by molar-refractivity contribution is 4.95. The van der Waals surface area contributed by atoms with Crippen LogP contribution in [0.25, 0.3) is 0 Å². The molecule has 0 saturated carbocycles. The molecule has 0 spiro atoms. The average Bonchev–Trinajstić information content (AvgIpc) is 2.68. The van der Waals surface area contributed by atoms with Crippen molar-refractivity contribution in [2.45, 2.75) is 111 Å². The van der Waals surface area contributed by atoms with Crippen molar-refractivity contribution >= 4 is 0 Å². The summed E-state index contributed by atoms with van der Waals surface area (Å²) < 4.78 is 23.3.